The summed E-state index contributed by atoms with van der Waals surface area (Å²) in [6, 6.07) is 0.0991. The Labute approximate surface area is 169 Å². The fourth-order valence-corrected chi connectivity index (χ4v) is 5.03. The van der Waals surface area contributed by atoms with Gasteiger partial charge in [0.25, 0.3) is 0 Å². The van der Waals surface area contributed by atoms with Crippen LogP contribution in [0.4, 0.5) is 15.3 Å². The standard InChI is InChI=1S/C18H20FN7O2S/c19-17-23-14(20)13-15(24-17)26(8-21-13)10-3-1-9(2-4-10)16(27)25-18-22-11-5-6-28-7-12(11)29-18/h8-10H,1-7H2,(H2,20,23,24)(H,22,25,27)/t9-,10+. The van der Waals surface area contributed by atoms with E-state index >= 15 is 0 Å². The molecule has 0 saturated heterocycles. The van der Waals surface area contributed by atoms with Crippen LogP contribution in [0.5, 0.6) is 0 Å². The molecule has 3 aromatic heterocycles. The second kappa shape index (κ2) is 7.30. The maximum Gasteiger partial charge on any atom is 0.312 e. The normalized spacial score (nSPS) is 21.8. The predicted molar refractivity (Wildman–Crippen MR) is 105 cm³/mol. The van der Waals surface area contributed by atoms with Crippen LogP contribution in [0.1, 0.15) is 42.3 Å². The third kappa shape index (κ3) is 3.44. The fraction of sp³-hybridized carbons (Fsp3) is 0.500. The summed E-state index contributed by atoms with van der Waals surface area (Å²) in [5.74, 6) is -0.0333. The lowest BCUT2D eigenvalue weighted by molar-refractivity contribution is -0.120. The molecule has 0 radical (unpaired) electrons. The van der Waals surface area contributed by atoms with Crippen molar-refractivity contribution < 1.29 is 13.9 Å². The summed E-state index contributed by atoms with van der Waals surface area (Å²) >= 11 is 1.49. The van der Waals surface area contributed by atoms with Crippen LogP contribution in [0, 0.1) is 12.0 Å². The molecular weight excluding hydrogens is 397 g/mol. The summed E-state index contributed by atoms with van der Waals surface area (Å²) < 4.78 is 20.9. The molecule has 1 amide bonds. The van der Waals surface area contributed by atoms with Crippen molar-refractivity contribution in [2.24, 2.45) is 5.92 Å². The number of aromatic nitrogens is 5. The van der Waals surface area contributed by atoms with E-state index in [4.69, 9.17) is 10.5 Å². The molecular formula is C18H20FN7O2S. The summed E-state index contributed by atoms with van der Waals surface area (Å²) in [7, 11) is 0. The number of halogens is 1. The number of imidazole rings is 1. The van der Waals surface area contributed by atoms with Gasteiger partial charge >= 0.3 is 6.08 Å². The first-order chi connectivity index (χ1) is 14.1. The Bertz CT molecular complexity index is 1050. The Morgan fingerprint density at radius 2 is 2.10 bits per heavy atom. The number of amides is 1. The summed E-state index contributed by atoms with van der Waals surface area (Å²) in [6.45, 7) is 1.25. The number of thiazole rings is 1. The molecule has 11 heteroatoms. The van der Waals surface area contributed by atoms with Crippen LogP contribution in [-0.2, 0) is 22.6 Å². The second-order valence-electron chi connectivity index (χ2n) is 7.39. The summed E-state index contributed by atoms with van der Waals surface area (Å²) in [5, 5.41) is 3.62. The first-order valence-electron chi connectivity index (χ1n) is 9.61. The van der Waals surface area contributed by atoms with Crippen molar-refractivity contribution in [2.75, 3.05) is 17.7 Å². The highest BCUT2D eigenvalue weighted by Gasteiger charge is 2.29. The molecule has 29 heavy (non-hydrogen) atoms. The highest BCUT2D eigenvalue weighted by molar-refractivity contribution is 7.15. The van der Waals surface area contributed by atoms with Gasteiger partial charge < -0.3 is 20.4 Å². The van der Waals surface area contributed by atoms with E-state index in [0.717, 1.165) is 42.7 Å². The monoisotopic (exact) mass is 417 g/mol. The molecule has 2 aliphatic rings. The first-order valence-corrected chi connectivity index (χ1v) is 10.4. The quantitative estimate of drug-likeness (QED) is 0.628. The minimum atomic E-state index is -0.860. The summed E-state index contributed by atoms with van der Waals surface area (Å²) in [5.41, 5.74) is 7.57. The molecule has 152 valence electrons. The SMILES string of the molecule is Nc1nc(F)nc2c1ncn2[C@H]1CC[C@@H](C(=O)Nc2nc3c(s2)COCC3)CC1. The van der Waals surface area contributed by atoms with Gasteiger partial charge in [0.15, 0.2) is 16.6 Å². The molecule has 5 rings (SSSR count). The van der Waals surface area contributed by atoms with Crippen molar-refractivity contribution in [2.45, 2.75) is 44.8 Å². The van der Waals surface area contributed by atoms with E-state index in [1.54, 1.807) is 6.33 Å². The molecule has 0 unspecified atom stereocenters. The van der Waals surface area contributed by atoms with Gasteiger partial charge in [0.2, 0.25) is 5.91 Å². The molecule has 3 aromatic rings. The van der Waals surface area contributed by atoms with Gasteiger partial charge in [0.1, 0.15) is 5.52 Å². The zero-order valence-corrected chi connectivity index (χ0v) is 16.4. The second-order valence-corrected chi connectivity index (χ2v) is 8.47. The number of rotatable bonds is 3. The zero-order chi connectivity index (χ0) is 20.0. The lowest BCUT2D eigenvalue weighted by atomic mass is 9.85. The molecule has 1 aliphatic heterocycles. The molecule has 4 heterocycles. The lowest BCUT2D eigenvalue weighted by Crippen LogP contribution is -2.28. The number of nitrogens with one attached hydrogen (secondary N) is 1. The first kappa shape index (κ1) is 18.4. The zero-order valence-electron chi connectivity index (χ0n) is 15.6. The van der Waals surface area contributed by atoms with Gasteiger partial charge in [0.05, 0.1) is 30.1 Å². The van der Waals surface area contributed by atoms with Gasteiger partial charge in [-0.2, -0.15) is 14.4 Å². The van der Waals surface area contributed by atoms with Crippen molar-refractivity contribution in [1.82, 2.24) is 24.5 Å². The topological polar surface area (TPSA) is 121 Å². The number of nitrogens with zero attached hydrogens (tertiary/aromatic N) is 5. The summed E-state index contributed by atoms with van der Waals surface area (Å²) in [6.07, 6.45) is 4.57. The van der Waals surface area contributed by atoms with Crippen LogP contribution in [-0.4, -0.2) is 37.0 Å². The molecule has 9 nitrogen and oxygen atoms in total. The van der Waals surface area contributed by atoms with Crippen molar-refractivity contribution in [1.29, 1.82) is 0 Å². The Morgan fingerprint density at radius 3 is 2.90 bits per heavy atom. The van der Waals surface area contributed by atoms with Crippen LogP contribution in [0.15, 0.2) is 6.33 Å². The van der Waals surface area contributed by atoms with Gasteiger partial charge in [-0.05, 0) is 25.7 Å². The van der Waals surface area contributed by atoms with Crippen LogP contribution in [0.3, 0.4) is 0 Å². The van der Waals surface area contributed by atoms with E-state index < -0.39 is 6.08 Å². The van der Waals surface area contributed by atoms with Gasteiger partial charge in [-0.1, -0.05) is 11.3 Å². The Balaban J connectivity index is 1.25. The van der Waals surface area contributed by atoms with Gasteiger partial charge in [-0.15, -0.1) is 0 Å². The minimum Gasteiger partial charge on any atom is -0.382 e. The van der Waals surface area contributed by atoms with E-state index in [1.165, 1.54) is 11.3 Å². The van der Waals surface area contributed by atoms with E-state index in [0.29, 0.717) is 29.5 Å². The highest BCUT2D eigenvalue weighted by atomic mass is 32.1. The highest BCUT2D eigenvalue weighted by Crippen LogP contribution is 2.35. The number of anilines is 2. The van der Waals surface area contributed by atoms with Gasteiger partial charge in [-0.3, -0.25) is 4.79 Å². The molecule has 0 aromatic carbocycles. The maximum absolute atomic E-state index is 13.6. The van der Waals surface area contributed by atoms with Crippen molar-refractivity contribution >= 4 is 39.4 Å². The number of carbonyl (C=O) groups excluding carboxylic acids is 1. The van der Waals surface area contributed by atoms with E-state index in [-0.39, 0.29) is 23.7 Å². The molecule has 0 bridgehead atoms. The van der Waals surface area contributed by atoms with Crippen LogP contribution in [0.2, 0.25) is 0 Å². The Kier molecular flexibility index (Phi) is 4.63. The Morgan fingerprint density at radius 1 is 1.28 bits per heavy atom. The van der Waals surface area contributed by atoms with Crippen LogP contribution >= 0.6 is 11.3 Å². The maximum atomic E-state index is 13.6. The average Bonchev–Trinajstić information content (AvgIpc) is 3.31. The van der Waals surface area contributed by atoms with Gasteiger partial charge in [-0.25, -0.2) is 9.97 Å². The third-order valence-electron chi connectivity index (χ3n) is 5.61. The minimum absolute atomic E-state index is 0.00330. The largest absolute Gasteiger partial charge is 0.382 e. The lowest BCUT2D eigenvalue weighted by Gasteiger charge is -2.28. The summed E-state index contributed by atoms with van der Waals surface area (Å²) in [4.78, 5) is 29.9. The van der Waals surface area contributed by atoms with Crippen molar-refractivity contribution in [3.8, 4) is 0 Å². The average molecular weight is 417 g/mol. The number of nitrogen functional groups attached to an aromatic ring is 1. The number of ether oxygens (including phenoxy) is 1. The number of nitrogens with two attached hydrogens (primary N) is 1. The van der Waals surface area contributed by atoms with E-state index in [2.05, 4.69) is 25.3 Å². The molecule has 1 saturated carbocycles. The number of carbonyl (C=O) groups is 1. The van der Waals surface area contributed by atoms with Crippen molar-refractivity contribution in [3.63, 3.8) is 0 Å². The fourth-order valence-electron chi connectivity index (χ4n) is 4.08. The van der Waals surface area contributed by atoms with Crippen molar-refractivity contribution in [3.05, 3.63) is 23.0 Å². The molecule has 1 fully saturated rings. The molecule has 3 N–H and O–H groups in total. The predicted octanol–water partition coefficient (Wildman–Crippen LogP) is 2.45. The smallest absolute Gasteiger partial charge is 0.312 e. The molecule has 0 atom stereocenters. The third-order valence-corrected chi connectivity index (χ3v) is 6.59. The molecule has 0 spiro atoms. The van der Waals surface area contributed by atoms with Crippen LogP contribution in [0.25, 0.3) is 11.2 Å². The molecule has 1 aliphatic carbocycles. The number of hydrogen-bond donors (Lipinski definition) is 2. The van der Waals surface area contributed by atoms with E-state index in [9.17, 15) is 9.18 Å². The van der Waals surface area contributed by atoms with E-state index in [1.807, 2.05) is 4.57 Å². The van der Waals surface area contributed by atoms with Gasteiger partial charge in [0, 0.05) is 18.4 Å². The number of fused-ring (bicyclic) bond motifs is 2. The van der Waals surface area contributed by atoms with Crippen LogP contribution < -0.4 is 11.1 Å². The Hall–Kier alpha value is -2.66. The number of hydrogen-bond acceptors (Lipinski definition) is 8.